The molecule has 6 nitrogen and oxygen atoms in total. The molecule has 0 spiro atoms. The lowest BCUT2D eigenvalue weighted by molar-refractivity contribution is -0.148. The van der Waals surface area contributed by atoms with E-state index < -0.39 is 18.2 Å². The van der Waals surface area contributed by atoms with Gasteiger partial charge in [-0.25, -0.2) is 0 Å². The first-order chi connectivity index (χ1) is 33.5. The van der Waals surface area contributed by atoms with Crippen molar-refractivity contribution in [2.24, 2.45) is 0 Å². The molecule has 0 bridgehead atoms. The third kappa shape index (κ3) is 48.7. The zero-order valence-corrected chi connectivity index (χ0v) is 43.9. The van der Waals surface area contributed by atoms with E-state index in [1.807, 2.05) is 6.08 Å². The van der Waals surface area contributed by atoms with Gasteiger partial charge >= 0.3 is 5.97 Å². The molecule has 0 heterocycles. The van der Waals surface area contributed by atoms with E-state index in [2.05, 4.69) is 135 Å². The van der Waals surface area contributed by atoms with E-state index in [-0.39, 0.29) is 24.9 Å². The Bertz CT molecular complexity index is 1430. The molecule has 6 heteroatoms. The number of carbonyl (C=O) groups excluding carboxylic acids is 2. The number of allylic oxidation sites excluding steroid dienone is 19. The van der Waals surface area contributed by atoms with Crippen LogP contribution in [0.1, 0.15) is 233 Å². The Morgan fingerprint density at radius 2 is 0.824 bits per heavy atom. The molecule has 0 saturated heterocycles. The van der Waals surface area contributed by atoms with Crippen LogP contribution in [0.3, 0.4) is 0 Å². The fraction of sp³-hybridized carbons (Fsp3) is 0.645. The maximum atomic E-state index is 13.2. The third-order valence-corrected chi connectivity index (χ3v) is 11.8. The molecular weight excluding hydrogens is 839 g/mol. The molecule has 0 rings (SSSR count). The Morgan fingerprint density at radius 1 is 0.456 bits per heavy atom. The predicted molar refractivity (Wildman–Crippen MR) is 296 cm³/mol. The number of hydrogen-bond donors (Lipinski definition) is 3. The number of nitrogens with one attached hydrogen (secondary N) is 1. The molecular formula is C62H103NO5. The van der Waals surface area contributed by atoms with Crippen molar-refractivity contribution in [2.75, 3.05) is 6.61 Å². The molecule has 386 valence electrons. The van der Waals surface area contributed by atoms with Gasteiger partial charge in [0, 0.05) is 6.42 Å². The summed E-state index contributed by atoms with van der Waals surface area (Å²) in [6, 6.07) is -0.758. The molecule has 0 aromatic carbocycles. The minimum atomic E-state index is -0.834. The van der Waals surface area contributed by atoms with Gasteiger partial charge < -0.3 is 20.3 Å². The molecule has 0 aliphatic rings. The van der Waals surface area contributed by atoms with Crippen LogP contribution in [-0.4, -0.2) is 46.9 Å². The van der Waals surface area contributed by atoms with Gasteiger partial charge in [-0.3, -0.25) is 9.59 Å². The number of aliphatic hydroxyl groups is 2. The molecule has 0 aromatic rings. The van der Waals surface area contributed by atoms with Gasteiger partial charge in [-0.1, -0.05) is 239 Å². The van der Waals surface area contributed by atoms with E-state index >= 15 is 0 Å². The Labute approximate surface area is 419 Å². The molecule has 3 N–H and O–H groups in total. The topological polar surface area (TPSA) is 95.9 Å². The Balaban J connectivity index is 4.83. The zero-order chi connectivity index (χ0) is 49.5. The van der Waals surface area contributed by atoms with E-state index in [0.717, 1.165) is 96.3 Å². The number of ether oxygens (including phenoxy) is 1. The molecule has 0 radical (unpaired) electrons. The van der Waals surface area contributed by atoms with Crippen LogP contribution < -0.4 is 5.32 Å². The van der Waals surface area contributed by atoms with Gasteiger partial charge in [-0.05, 0) is 102 Å². The number of hydrogen-bond acceptors (Lipinski definition) is 5. The van der Waals surface area contributed by atoms with Crippen molar-refractivity contribution in [1.82, 2.24) is 5.32 Å². The van der Waals surface area contributed by atoms with Gasteiger partial charge in [-0.15, -0.1) is 0 Å². The smallest absolute Gasteiger partial charge is 0.306 e. The van der Waals surface area contributed by atoms with Crippen LogP contribution in [0.5, 0.6) is 0 Å². The number of rotatable bonds is 48. The van der Waals surface area contributed by atoms with Crippen LogP contribution in [0.4, 0.5) is 0 Å². The lowest BCUT2D eigenvalue weighted by Crippen LogP contribution is -2.46. The summed E-state index contributed by atoms with van der Waals surface area (Å²) < 4.78 is 5.83. The fourth-order valence-corrected chi connectivity index (χ4v) is 7.59. The first-order valence-corrected chi connectivity index (χ1v) is 27.8. The Kier molecular flexibility index (Phi) is 51.2. The number of unbranched alkanes of at least 4 members (excludes halogenated alkanes) is 18. The summed E-state index contributed by atoms with van der Waals surface area (Å²) in [6.07, 6.45) is 75.7. The third-order valence-electron chi connectivity index (χ3n) is 11.8. The maximum Gasteiger partial charge on any atom is 0.306 e. The highest BCUT2D eigenvalue weighted by Gasteiger charge is 2.23. The number of carbonyl (C=O) groups is 2. The van der Waals surface area contributed by atoms with Crippen molar-refractivity contribution in [2.45, 2.75) is 251 Å². The van der Waals surface area contributed by atoms with E-state index in [4.69, 9.17) is 4.74 Å². The minimum absolute atomic E-state index is 0.0675. The summed E-state index contributed by atoms with van der Waals surface area (Å²) in [6.45, 7) is 6.29. The minimum Gasteiger partial charge on any atom is -0.458 e. The average molecular weight is 943 g/mol. The Morgan fingerprint density at radius 3 is 1.26 bits per heavy atom. The molecule has 3 atom stereocenters. The fourth-order valence-electron chi connectivity index (χ4n) is 7.59. The second-order valence-electron chi connectivity index (χ2n) is 18.2. The van der Waals surface area contributed by atoms with Crippen LogP contribution in [0.2, 0.25) is 0 Å². The van der Waals surface area contributed by atoms with Crippen LogP contribution in [0, 0.1) is 0 Å². The van der Waals surface area contributed by atoms with Gasteiger partial charge in [0.25, 0.3) is 0 Å². The second kappa shape index (κ2) is 54.2. The summed E-state index contributed by atoms with van der Waals surface area (Å²) in [5, 5.41) is 23.8. The molecule has 68 heavy (non-hydrogen) atoms. The first kappa shape index (κ1) is 64.3. The van der Waals surface area contributed by atoms with Crippen molar-refractivity contribution in [3.05, 3.63) is 122 Å². The van der Waals surface area contributed by atoms with Crippen LogP contribution >= 0.6 is 0 Å². The van der Waals surface area contributed by atoms with Crippen molar-refractivity contribution < 1.29 is 24.5 Å². The molecule has 1 amide bonds. The summed E-state index contributed by atoms with van der Waals surface area (Å²) in [7, 11) is 0. The van der Waals surface area contributed by atoms with Crippen molar-refractivity contribution >= 4 is 11.9 Å². The standard InChI is InChI=1S/C62H103NO5/c1-4-7-10-13-16-19-22-25-27-29-30-32-34-37-40-43-46-49-52-55-62(67)68-58(53-50-47-44-41-38-36-33-31-28-26-23-20-17-14-11-8-5-2)56-61(66)63-59(57-64)60(65)54-51-48-45-42-39-35-24-21-18-15-12-9-6-3/h8,11,16-17,19-20,25-28,30,32-33,36-37,40-41,44,50,53,58-60,64-65H,4-7,9-10,12-15,18,21-24,29,31,34-35,38-39,42-43,45-49,51-52,54-57H2,1-3H3,(H,63,66)/b11-8-,19-16-,20-17-,27-25-,28-26-,32-30-,36-33-,40-37-,44-41-,53-50-. The quantitative estimate of drug-likeness (QED) is 0.0321. The van der Waals surface area contributed by atoms with Gasteiger partial charge in [-0.2, -0.15) is 0 Å². The van der Waals surface area contributed by atoms with Crippen molar-refractivity contribution in [1.29, 1.82) is 0 Å². The summed E-state index contributed by atoms with van der Waals surface area (Å²) in [5.41, 5.74) is 0. The molecule has 3 unspecified atom stereocenters. The molecule has 0 aromatic heterocycles. The molecule has 0 fully saturated rings. The van der Waals surface area contributed by atoms with Crippen LogP contribution in [0.15, 0.2) is 122 Å². The van der Waals surface area contributed by atoms with E-state index in [9.17, 15) is 19.8 Å². The van der Waals surface area contributed by atoms with Gasteiger partial charge in [0.05, 0.1) is 25.2 Å². The van der Waals surface area contributed by atoms with Gasteiger partial charge in [0.2, 0.25) is 5.91 Å². The largest absolute Gasteiger partial charge is 0.458 e. The van der Waals surface area contributed by atoms with Crippen molar-refractivity contribution in [3.63, 3.8) is 0 Å². The van der Waals surface area contributed by atoms with Crippen LogP contribution in [-0.2, 0) is 14.3 Å². The van der Waals surface area contributed by atoms with Crippen molar-refractivity contribution in [3.8, 4) is 0 Å². The molecule has 0 aliphatic carbocycles. The summed E-state index contributed by atoms with van der Waals surface area (Å²) in [4.78, 5) is 26.2. The number of aliphatic hydroxyl groups excluding tert-OH is 2. The van der Waals surface area contributed by atoms with E-state index in [0.29, 0.717) is 19.3 Å². The normalized spacial score (nSPS) is 14.1. The summed E-state index contributed by atoms with van der Waals surface area (Å²) in [5.74, 6) is -0.675. The van der Waals surface area contributed by atoms with E-state index in [1.165, 1.54) is 89.9 Å². The maximum absolute atomic E-state index is 13.2. The highest BCUT2D eigenvalue weighted by molar-refractivity contribution is 5.78. The average Bonchev–Trinajstić information content (AvgIpc) is 3.33. The number of amides is 1. The van der Waals surface area contributed by atoms with Gasteiger partial charge in [0.15, 0.2) is 0 Å². The highest BCUT2D eigenvalue weighted by Crippen LogP contribution is 2.15. The molecule has 0 saturated carbocycles. The van der Waals surface area contributed by atoms with Gasteiger partial charge in [0.1, 0.15) is 6.10 Å². The first-order valence-electron chi connectivity index (χ1n) is 27.8. The Hall–Kier alpha value is -3.74. The second-order valence-corrected chi connectivity index (χ2v) is 18.2. The zero-order valence-electron chi connectivity index (χ0n) is 43.9. The van der Waals surface area contributed by atoms with E-state index in [1.54, 1.807) is 6.08 Å². The van der Waals surface area contributed by atoms with Crippen LogP contribution in [0.25, 0.3) is 0 Å². The molecule has 0 aliphatic heterocycles. The lowest BCUT2D eigenvalue weighted by Gasteiger charge is -2.23. The predicted octanol–water partition coefficient (Wildman–Crippen LogP) is 17.2. The highest BCUT2D eigenvalue weighted by atomic mass is 16.5. The number of esters is 1. The SMILES string of the molecule is CC/C=C\C/C=C\C/C=C\C/C=C\C/C=C\C/C=C\C(CC(=O)NC(CO)C(O)CCCCCCCCCCCCCCC)OC(=O)CCCCC/C=C\C/C=C\C/C=C\C/C=C\CCCCC. The monoisotopic (exact) mass is 942 g/mol. The summed E-state index contributed by atoms with van der Waals surface area (Å²) >= 11 is 0. The lowest BCUT2D eigenvalue weighted by atomic mass is 10.0.